The summed E-state index contributed by atoms with van der Waals surface area (Å²) in [5, 5.41) is 7.55. The lowest BCUT2D eigenvalue weighted by molar-refractivity contribution is -0.117. The van der Waals surface area contributed by atoms with Crippen LogP contribution < -0.4 is 10.2 Å². The van der Waals surface area contributed by atoms with Crippen molar-refractivity contribution in [3.05, 3.63) is 65.2 Å². The van der Waals surface area contributed by atoms with Gasteiger partial charge in [0.15, 0.2) is 0 Å². The maximum absolute atomic E-state index is 12.8. The molecule has 0 atom stereocenters. The van der Waals surface area contributed by atoms with E-state index >= 15 is 0 Å². The quantitative estimate of drug-likeness (QED) is 0.731. The number of hydrogen-bond donors (Lipinski definition) is 1. The Morgan fingerprint density at radius 3 is 2.68 bits per heavy atom. The first-order valence-corrected chi connectivity index (χ1v) is 9.28. The Balaban J connectivity index is 1.59. The molecular formula is C20H18ClN5O2. The van der Waals surface area contributed by atoms with Gasteiger partial charge in [0.05, 0.1) is 33.9 Å². The van der Waals surface area contributed by atoms with Crippen molar-refractivity contribution >= 4 is 34.8 Å². The summed E-state index contributed by atoms with van der Waals surface area (Å²) < 4.78 is 1.68. The van der Waals surface area contributed by atoms with Crippen LogP contribution in [0, 0.1) is 6.92 Å². The van der Waals surface area contributed by atoms with Crippen molar-refractivity contribution in [1.82, 2.24) is 14.8 Å². The fourth-order valence-corrected chi connectivity index (χ4v) is 3.43. The molecule has 1 saturated heterocycles. The highest BCUT2D eigenvalue weighted by atomic mass is 35.5. The van der Waals surface area contributed by atoms with Crippen LogP contribution in [0.15, 0.2) is 48.9 Å². The summed E-state index contributed by atoms with van der Waals surface area (Å²) in [6.07, 6.45) is 6.23. The number of hydrogen-bond acceptors (Lipinski definition) is 4. The molecule has 2 aromatic heterocycles. The molecule has 8 heteroatoms. The molecule has 28 heavy (non-hydrogen) atoms. The van der Waals surface area contributed by atoms with Gasteiger partial charge >= 0.3 is 0 Å². The van der Waals surface area contributed by atoms with Crippen LogP contribution in [0.1, 0.15) is 28.9 Å². The second kappa shape index (κ2) is 7.44. The van der Waals surface area contributed by atoms with E-state index in [1.165, 1.54) is 6.20 Å². The van der Waals surface area contributed by atoms with Crippen molar-refractivity contribution in [1.29, 1.82) is 0 Å². The summed E-state index contributed by atoms with van der Waals surface area (Å²) in [6.45, 7) is 2.49. The fourth-order valence-electron chi connectivity index (χ4n) is 3.27. The van der Waals surface area contributed by atoms with Crippen LogP contribution in [0.2, 0.25) is 5.02 Å². The highest BCUT2D eigenvalue weighted by molar-refractivity contribution is 6.34. The lowest BCUT2D eigenvalue weighted by atomic mass is 10.2. The van der Waals surface area contributed by atoms with E-state index in [9.17, 15) is 9.59 Å². The van der Waals surface area contributed by atoms with E-state index in [1.54, 1.807) is 40.2 Å². The molecule has 3 heterocycles. The first kappa shape index (κ1) is 18.2. The van der Waals surface area contributed by atoms with E-state index in [4.69, 9.17) is 11.6 Å². The van der Waals surface area contributed by atoms with E-state index in [2.05, 4.69) is 15.4 Å². The molecule has 1 fully saturated rings. The molecule has 0 saturated carbocycles. The molecule has 7 nitrogen and oxygen atoms in total. The Morgan fingerprint density at radius 1 is 1.18 bits per heavy atom. The molecule has 1 aliphatic rings. The number of amides is 2. The number of aromatic nitrogens is 3. The molecule has 0 radical (unpaired) electrons. The number of carbonyl (C=O) groups is 2. The van der Waals surface area contributed by atoms with Crippen molar-refractivity contribution in [3.8, 4) is 5.69 Å². The Labute approximate surface area is 166 Å². The number of nitrogens with zero attached hydrogens (tertiary/aromatic N) is 4. The summed E-state index contributed by atoms with van der Waals surface area (Å²) in [4.78, 5) is 30.5. The predicted molar refractivity (Wildman–Crippen MR) is 107 cm³/mol. The molecule has 3 aromatic rings. The maximum atomic E-state index is 12.8. The van der Waals surface area contributed by atoms with Gasteiger partial charge in [-0.25, -0.2) is 4.68 Å². The van der Waals surface area contributed by atoms with Gasteiger partial charge in [0.25, 0.3) is 5.91 Å². The van der Waals surface area contributed by atoms with E-state index in [0.717, 1.165) is 17.8 Å². The number of nitrogens with one attached hydrogen (secondary N) is 1. The van der Waals surface area contributed by atoms with Gasteiger partial charge in [-0.05, 0) is 43.7 Å². The zero-order valence-corrected chi connectivity index (χ0v) is 16.0. The van der Waals surface area contributed by atoms with Crippen molar-refractivity contribution < 1.29 is 9.59 Å². The summed E-state index contributed by atoms with van der Waals surface area (Å²) in [5.74, 6) is -0.237. The molecule has 0 spiro atoms. The lowest BCUT2D eigenvalue weighted by Gasteiger charge is -2.17. The smallest absolute Gasteiger partial charge is 0.259 e. The van der Waals surface area contributed by atoms with E-state index in [1.807, 2.05) is 19.1 Å². The third kappa shape index (κ3) is 3.36. The van der Waals surface area contributed by atoms with Crippen molar-refractivity contribution in [2.24, 2.45) is 0 Å². The zero-order valence-electron chi connectivity index (χ0n) is 15.2. The van der Waals surface area contributed by atoms with Crippen LogP contribution in [0.25, 0.3) is 5.69 Å². The lowest BCUT2D eigenvalue weighted by Crippen LogP contribution is -2.24. The molecule has 1 aliphatic heterocycles. The topological polar surface area (TPSA) is 80.1 Å². The molecule has 1 aromatic carbocycles. The van der Waals surface area contributed by atoms with Gasteiger partial charge in [0.2, 0.25) is 5.91 Å². The Kier molecular flexibility index (Phi) is 4.83. The standard InChI is InChI=1S/C20H18ClN5O2/c1-13-16(12-23-26(13)14-6-8-22-9-7-14)20(28)24-18-11-15(4-5-17(18)21)25-10-2-3-19(25)27/h4-9,11-12H,2-3,10H2,1H3,(H,24,28). The maximum Gasteiger partial charge on any atom is 0.259 e. The second-order valence-corrected chi connectivity index (χ2v) is 6.94. The minimum atomic E-state index is -0.315. The summed E-state index contributed by atoms with van der Waals surface area (Å²) in [6, 6.07) is 8.83. The monoisotopic (exact) mass is 395 g/mol. The van der Waals surface area contributed by atoms with E-state index in [-0.39, 0.29) is 11.8 Å². The van der Waals surface area contributed by atoms with Crippen molar-refractivity contribution in [3.63, 3.8) is 0 Å². The van der Waals surface area contributed by atoms with Crippen LogP contribution in [-0.4, -0.2) is 33.1 Å². The third-order valence-corrected chi connectivity index (χ3v) is 5.07. The summed E-state index contributed by atoms with van der Waals surface area (Å²) in [5.41, 5.74) is 3.15. The fraction of sp³-hybridized carbons (Fsp3) is 0.200. The van der Waals surface area contributed by atoms with Crippen LogP contribution in [0.4, 0.5) is 11.4 Å². The second-order valence-electron chi connectivity index (χ2n) is 6.53. The summed E-state index contributed by atoms with van der Waals surface area (Å²) >= 11 is 6.27. The minimum Gasteiger partial charge on any atom is -0.320 e. The third-order valence-electron chi connectivity index (χ3n) is 4.74. The van der Waals surface area contributed by atoms with Gasteiger partial charge in [-0.15, -0.1) is 0 Å². The average Bonchev–Trinajstić information content (AvgIpc) is 3.30. The first-order valence-electron chi connectivity index (χ1n) is 8.91. The number of rotatable bonds is 4. The first-order chi connectivity index (χ1) is 13.5. The summed E-state index contributed by atoms with van der Waals surface area (Å²) in [7, 11) is 0. The van der Waals surface area contributed by atoms with Crippen molar-refractivity contribution in [2.45, 2.75) is 19.8 Å². The van der Waals surface area contributed by atoms with E-state index < -0.39 is 0 Å². The number of carbonyl (C=O) groups excluding carboxylic acids is 2. The Morgan fingerprint density at radius 2 is 1.96 bits per heavy atom. The largest absolute Gasteiger partial charge is 0.320 e. The molecule has 0 aliphatic carbocycles. The molecule has 142 valence electrons. The Bertz CT molecular complexity index is 1050. The number of anilines is 2. The molecular weight excluding hydrogens is 378 g/mol. The highest BCUT2D eigenvalue weighted by Gasteiger charge is 2.23. The zero-order chi connectivity index (χ0) is 19.7. The van der Waals surface area contributed by atoms with Crippen LogP contribution in [-0.2, 0) is 4.79 Å². The number of pyridine rings is 1. The highest BCUT2D eigenvalue weighted by Crippen LogP contribution is 2.30. The Hall–Kier alpha value is -3.19. The van der Waals surface area contributed by atoms with Crippen LogP contribution in [0.3, 0.4) is 0 Å². The molecule has 2 amide bonds. The average molecular weight is 396 g/mol. The van der Waals surface area contributed by atoms with E-state index in [0.29, 0.717) is 34.9 Å². The number of benzene rings is 1. The molecule has 0 unspecified atom stereocenters. The SMILES string of the molecule is Cc1c(C(=O)Nc2cc(N3CCCC3=O)ccc2Cl)cnn1-c1ccncc1. The van der Waals surface area contributed by atoms with Gasteiger partial charge in [-0.3, -0.25) is 14.6 Å². The van der Waals surface area contributed by atoms with Gasteiger partial charge in [0.1, 0.15) is 0 Å². The number of halogens is 1. The normalized spacial score (nSPS) is 13.8. The minimum absolute atomic E-state index is 0.0778. The van der Waals surface area contributed by atoms with Crippen LogP contribution >= 0.6 is 11.6 Å². The predicted octanol–water partition coefficient (Wildman–Crippen LogP) is 3.61. The molecule has 4 rings (SSSR count). The van der Waals surface area contributed by atoms with Crippen molar-refractivity contribution in [2.75, 3.05) is 16.8 Å². The van der Waals surface area contributed by atoms with Gasteiger partial charge in [-0.2, -0.15) is 5.10 Å². The van der Waals surface area contributed by atoms with Gasteiger partial charge in [0, 0.05) is 31.0 Å². The van der Waals surface area contributed by atoms with Crippen LogP contribution in [0.5, 0.6) is 0 Å². The van der Waals surface area contributed by atoms with Gasteiger partial charge < -0.3 is 10.2 Å². The molecule has 0 bridgehead atoms. The molecule has 1 N–H and O–H groups in total. The van der Waals surface area contributed by atoms with Gasteiger partial charge in [-0.1, -0.05) is 11.6 Å².